The highest BCUT2D eigenvalue weighted by molar-refractivity contribution is 9.10. The SMILES string of the molecule is N#CCCN1C(c2ccccc2Br)=NN(c2ccccc2)S1=O. The summed E-state index contributed by atoms with van der Waals surface area (Å²) in [4.78, 5) is 0. The molecule has 0 spiro atoms. The zero-order valence-corrected chi connectivity index (χ0v) is 14.5. The van der Waals surface area contributed by atoms with Crippen LogP contribution in [-0.4, -0.2) is 20.9 Å². The van der Waals surface area contributed by atoms with E-state index in [9.17, 15) is 4.21 Å². The van der Waals surface area contributed by atoms with E-state index in [2.05, 4.69) is 27.1 Å². The van der Waals surface area contributed by atoms with Crippen LogP contribution in [0.5, 0.6) is 0 Å². The molecule has 1 aliphatic rings. The maximum absolute atomic E-state index is 12.8. The molecule has 1 atom stereocenters. The largest absolute Gasteiger partial charge is 0.253 e. The molecule has 1 aliphatic heterocycles. The van der Waals surface area contributed by atoms with Gasteiger partial charge in [-0.3, -0.25) is 4.31 Å². The number of anilines is 1. The maximum Gasteiger partial charge on any atom is 0.248 e. The summed E-state index contributed by atoms with van der Waals surface area (Å²) in [7, 11) is 0. The van der Waals surface area contributed by atoms with Crippen molar-refractivity contribution in [2.75, 3.05) is 11.0 Å². The first-order valence-corrected chi connectivity index (χ1v) is 8.83. The predicted octanol–water partition coefficient (Wildman–Crippen LogP) is 3.43. The quantitative estimate of drug-likeness (QED) is 0.805. The molecule has 0 amide bonds. The molecule has 0 saturated carbocycles. The lowest BCUT2D eigenvalue weighted by atomic mass is 10.2. The number of amidine groups is 1. The Balaban J connectivity index is 2.04. The van der Waals surface area contributed by atoms with E-state index < -0.39 is 11.2 Å². The highest BCUT2D eigenvalue weighted by atomic mass is 79.9. The number of para-hydroxylation sites is 1. The molecule has 7 heteroatoms. The molecule has 116 valence electrons. The molecule has 2 aromatic carbocycles. The first kappa shape index (κ1) is 15.7. The Morgan fingerprint density at radius 3 is 2.52 bits per heavy atom. The Kier molecular flexibility index (Phi) is 4.74. The number of hydrazone groups is 1. The first-order valence-electron chi connectivity index (χ1n) is 6.97. The Bertz CT molecular complexity index is 803. The van der Waals surface area contributed by atoms with E-state index >= 15 is 0 Å². The number of halogens is 1. The maximum atomic E-state index is 12.8. The normalized spacial score (nSPS) is 17.0. The van der Waals surface area contributed by atoms with Crippen molar-refractivity contribution in [3.05, 3.63) is 64.6 Å². The lowest BCUT2D eigenvalue weighted by Gasteiger charge is -2.18. The summed E-state index contributed by atoms with van der Waals surface area (Å²) in [6, 6.07) is 19.1. The fourth-order valence-electron chi connectivity index (χ4n) is 2.21. The zero-order valence-electron chi connectivity index (χ0n) is 12.1. The van der Waals surface area contributed by atoms with Crippen LogP contribution in [0.15, 0.2) is 64.2 Å². The van der Waals surface area contributed by atoms with Crippen LogP contribution in [0.25, 0.3) is 0 Å². The topological polar surface area (TPSA) is 59.7 Å². The Morgan fingerprint density at radius 1 is 1.13 bits per heavy atom. The minimum Gasteiger partial charge on any atom is -0.253 e. The van der Waals surface area contributed by atoms with Crippen molar-refractivity contribution in [2.45, 2.75) is 6.42 Å². The molecule has 0 bridgehead atoms. The minimum absolute atomic E-state index is 0.276. The van der Waals surface area contributed by atoms with Gasteiger partial charge in [-0.05, 0) is 18.2 Å². The molecule has 3 rings (SSSR count). The van der Waals surface area contributed by atoms with Crippen LogP contribution in [0.1, 0.15) is 12.0 Å². The van der Waals surface area contributed by atoms with Gasteiger partial charge in [-0.2, -0.15) is 9.68 Å². The van der Waals surface area contributed by atoms with Crippen LogP contribution in [0, 0.1) is 11.3 Å². The number of nitrogens with zero attached hydrogens (tertiary/aromatic N) is 4. The van der Waals surface area contributed by atoms with E-state index in [0.29, 0.717) is 12.4 Å². The highest BCUT2D eigenvalue weighted by Crippen LogP contribution is 2.28. The van der Waals surface area contributed by atoms with Gasteiger partial charge in [0.25, 0.3) is 0 Å². The molecular formula is C16H13BrN4OS. The molecule has 1 unspecified atom stereocenters. The van der Waals surface area contributed by atoms with Crippen molar-refractivity contribution >= 4 is 38.6 Å². The number of benzene rings is 2. The zero-order chi connectivity index (χ0) is 16.2. The molecule has 5 nitrogen and oxygen atoms in total. The van der Waals surface area contributed by atoms with Crippen LogP contribution >= 0.6 is 15.9 Å². The van der Waals surface area contributed by atoms with Crippen LogP contribution in [-0.2, 0) is 11.2 Å². The van der Waals surface area contributed by atoms with Gasteiger partial charge in [0.2, 0.25) is 11.2 Å². The Hall–Kier alpha value is -2.17. The molecule has 1 heterocycles. The van der Waals surface area contributed by atoms with Crippen LogP contribution < -0.4 is 4.41 Å². The van der Waals surface area contributed by atoms with Crippen LogP contribution in [0.2, 0.25) is 0 Å². The summed E-state index contributed by atoms with van der Waals surface area (Å²) >= 11 is 2.01. The van der Waals surface area contributed by atoms with Gasteiger partial charge in [-0.15, -0.1) is 5.10 Å². The summed E-state index contributed by atoms with van der Waals surface area (Å²) in [6.07, 6.45) is 0.276. The number of rotatable bonds is 4. The summed E-state index contributed by atoms with van der Waals surface area (Å²) in [6.45, 7) is 0.354. The van der Waals surface area contributed by atoms with Gasteiger partial charge in [-0.1, -0.05) is 52.3 Å². The monoisotopic (exact) mass is 388 g/mol. The second-order valence-electron chi connectivity index (χ2n) is 4.75. The summed E-state index contributed by atoms with van der Waals surface area (Å²) < 4.78 is 16.8. The molecule has 0 radical (unpaired) electrons. The number of hydrogen-bond donors (Lipinski definition) is 0. The smallest absolute Gasteiger partial charge is 0.248 e. The van der Waals surface area contributed by atoms with Gasteiger partial charge in [0, 0.05) is 16.6 Å². The summed E-state index contributed by atoms with van der Waals surface area (Å²) in [5.74, 6) is 0.593. The van der Waals surface area contributed by atoms with Gasteiger partial charge < -0.3 is 0 Å². The average Bonchev–Trinajstić information content (AvgIpc) is 2.91. The van der Waals surface area contributed by atoms with E-state index in [-0.39, 0.29) is 6.42 Å². The summed E-state index contributed by atoms with van der Waals surface area (Å²) in [5.41, 5.74) is 1.59. The van der Waals surface area contributed by atoms with E-state index in [1.807, 2.05) is 54.6 Å². The second-order valence-corrected chi connectivity index (χ2v) is 6.86. The van der Waals surface area contributed by atoms with Crippen molar-refractivity contribution in [1.82, 2.24) is 4.31 Å². The van der Waals surface area contributed by atoms with Crippen molar-refractivity contribution in [2.24, 2.45) is 5.10 Å². The van der Waals surface area contributed by atoms with E-state index in [1.165, 1.54) is 4.41 Å². The lowest BCUT2D eigenvalue weighted by Crippen LogP contribution is -2.33. The van der Waals surface area contributed by atoms with Crippen LogP contribution in [0.3, 0.4) is 0 Å². The van der Waals surface area contributed by atoms with Crippen molar-refractivity contribution in [1.29, 1.82) is 5.26 Å². The molecule has 0 saturated heterocycles. The third kappa shape index (κ3) is 3.14. The van der Waals surface area contributed by atoms with Gasteiger partial charge in [-0.25, -0.2) is 4.21 Å². The minimum atomic E-state index is -1.50. The number of nitriles is 1. The standard InChI is InChI=1S/C16H13BrN4OS/c17-15-10-5-4-9-14(15)16-19-21(13-7-2-1-3-8-13)23(22)20(16)12-6-11-18/h1-5,7-10H,6,12H2. The highest BCUT2D eigenvalue weighted by Gasteiger charge is 2.33. The van der Waals surface area contributed by atoms with Crippen LogP contribution in [0.4, 0.5) is 5.69 Å². The molecule has 0 aliphatic carbocycles. The Labute approximate surface area is 145 Å². The average molecular weight is 389 g/mol. The van der Waals surface area contributed by atoms with Crippen molar-refractivity contribution in [3.63, 3.8) is 0 Å². The third-order valence-corrected chi connectivity index (χ3v) is 5.29. The molecule has 0 fully saturated rings. The lowest BCUT2D eigenvalue weighted by molar-refractivity contribution is 0.611. The molecule has 2 aromatic rings. The second kappa shape index (κ2) is 6.94. The fourth-order valence-corrected chi connectivity index (χ4v) is 3.84. The van der Waals surface area contributed by atoms with Gasteiger partial charge in [0.05, 0.1) is 18.2 Å². The number of hydrogen-bond acceptors (Lipinski definition) is 3. The molecular weight excluding hydrogens is 376 g/mol. The van der Waals surface area contributed by atoms with Gasteiger partial charge in [0.1, 0.15) is 0 Å². The molecule has 0 N–H and O–H groups in total. The van der Waals surface area contributed by atoms with E-state index in [4.69, 9.17) is 5.26 Å². The van der Waals surface area contributed by atoms with Crippen molar-refractivity contribution < 1.29 is 4.21 Å². The first-order chi connectivity index (χ1) is 11.2. The Morgan fingerprint density at radius 2 is 1.83 bits per heavy atom. The van der Waals surface area contributed by atoms with E-state index in [1.54, 1.807) is 4.31 Å². The van der Waals surface area contributed by atoms with E-state index in [0.717, 1.165) is 15.7 Å². The molecule has 0 aromatic heterocycles. The predicted molar refractivity (Wildman–Crippen MR) is 94.7 cm³/mol. The van der Waals surface area contributed by atoms with Crippen molar-refractivity contribution in [3.8, 4) is 6.07 Å². The third-order valence-electron chi connectivity index (χ3n) is 3.28. The summed E-state index contributed by atoms with van der Waals surface area (Å²) in [5, 5.41) is 13.4. The molecule has 23 heavy (non-hydrogen) atoms. The van der Waals surface area contributed by atoms with Gasteiger partial charge >= 0.3 is 0 Å². The van der Waals surface area contributed by atoms with Gasteiger partial charge in [0.15, 0.2) is 5.84 Å². The fraction of sp³-hybridized carbons (Fsp3) is 0.125.